The Bertz CT molecular complexity index is 730. The molecule has 0 spiro atoms. The van der Waals surface area contributed by atoms with E-state index in [4.69, 9.17) is 0 Å². The van der Waals surface area contributed by atoms with E-state index in [2.05, 4.69) is 34.1 Å². The van der Waals surface area contributed by atoms with E-state index in [-0.39, 0.29) is 17.4 Å². The number of para-hydroxylation sites is 1. The molecule has 1 aliphatic heterocycles. The van der Waals surface area contributed by atoms with E-state index >= 15 is 0 Å². The third kappa shape index (κ3) is 3.23. The molecule has 1 amide bonds. The first-order chi connectivity index (χ1) is 11.4. The minimum Gasteiger partial charge on any atom is -0.369 e. The van der Waals surface area contributed by atoms with E-state index in [9.17, 15) is 4.79 Å². The van der Waals surface area contributed by atoms with Crippen LogP contribution < -0.4 is 4.90 Å². The Morgan fingerprint density at radius 1 is 1.25 bits per heavy atom. The predicted molar refractivity (Wildman–Crippen MR) is 99.2 cm³/mol. The summed E-state index contributed by atoms with van der Waals surface area (Å²) in [5.41, 5.74) is 1.92. The van der Waals surface area contributed by atoms with Crippen molar-refractivity contribution in [3.8, 4) is 0 Å². The number of carbonyl (C=O) groups is 1. The summed E-state index contributed by atoms with van der Waals surface area (Å²) in [4.78, 5) is 21.4. The molecule has 4 heteroatoms. The Morgan fingerprint density at radius 2 is 2.00 bits per heavy atom. The van der Waals surface area contributed by atoms with Crippen molar-refractivity contribution in [2.45, 2.75) is 39.7 Å². The number of hydrogen-bond acceptors (Lipinski definition) is 3. The fourth-order valence-corrected chi connectivity index (χ4v) is 3.54. The summed E-state index contributed by atoms with van der Waals surface area (Å²) in [7, 11) is 1.95. The fraction of sp³-hybridized carbons (Fsp3) is 0.500. The number of benzene rings is 1. The number of hydrogen-bond donors (Lipinski definition) is 0. The number of piperidine rings is 1. The maximum absolute atomic E-state index is 12.6. The minimum absolute atomic E-state index is 0.217. The first-order valence-electron chi connectivity index (χ1n) is 8.74. The zero-order valence-electron chi connectivity index (χ0n) is 15.1. The average Bonchev–Trinajstić information content (AvgIpc) is 2.59. The molecule has 1 aliphatic rings. The lowest BCUT2D eigenvalue weighted by Gasteiger charge is -2.41. The summed E-state index contributed by atoms with van der Waals surface area (Å²) in [6.45, 7) is 7.88. The summed E-state index contributed by atoms with van der Waals surface area (Å²) in [6.07, 6.45) is 4.05. The molecular weight excluding hydrogens is 298 g/mol. The molecule has 24 heavy (non-hydrogen) atoms. The van der Waals surface area contributed by atoms with Crippen molar-refractivity contribution in [2.24, 2.45) is 5.41 Å². The van der Waals surface area contributed by atoms with E-state index in [1.807, 2.05) is 45.0 Å². The number of carbonyl (C=O) groups excluding carboxylic acids is 1. The molecule has 2 heterocycles. The Morgan fingerprint density at radius 3 is 2.75 bits per heavy atom. The van der Waals surface area contributed by atoms with Gasteiger partial charge in [0.2, 0.25) is 5.91 Å². The van der Waals surface area contributed by atoms with Crippen LogP contribution in [0.3, 0.4) is 0 Å². The highest BCUT2D eigenvalue weighted by Crippen LogP contribution is 2.29. The number of anilines is 1. The van der Waals surface area contributed by atoms with Gasteiger partial charge in [-0.2, -0.15) is 0 Å². The molecule has 1 atom stereocenters. The summed E-state index contributed by atoms with van der Waals surface area (Å²) in [6, 6.07) is 10.6. The third-order valence-electron chi connectivity index (χ3n) is 4.87. The van der Waals surface area contributed by atoms with E-state index in [1.165, 1.54) is 11.1 Å². The van der Waals surface area contributed by atoms with Crippen molar-refractivity contribution in [3.05, 3.63) is 36.5 Å². The van der Waals surface area contributed by atoms with Gasteiger partial charge in [0.25, 0.3) is 0 Å². The number of aromatic nitrogens is 1. The molecule has 1 aromatic heterocycles. The van der Waals surface area contributed by atoms with Gasteiger partial charge in [-0.05, 0) is 25.0 Å². The zero-order valence-corrected chi connectivity index (χ0v) is 15.1. The van der Waals surface area contributed by atoms with Crippen molar-refractivity contribution in [2.75, 3.05) is 25.0 Å². The van der Waals surface area contributed by atoms with Gasteiger partial charge < -0.3 is 9.80 Å². The molecule has 128 valence electrons. The molecule has 0 saturated carbocycles. The molecule has 3 rings (SSSR count). The van der Waals surface area contributed by atoms with Crippen LogP contribution in [0.15, 0.2) is 36.5 Å². The van der Waals surface area contributed by atoms with Crippen molar-refractivity contribution in [1.29, 1.82) is 0 Å². The monoisotopic (exact) mass is 325 g/mol. The van der Waals surface area contributed by atoms with Crippen LogP contribution >= 0.6 is 0 Å². The Balaban J connectivity index is 1.84. The van der Waals surface area contributed by atoms with Gasteiger partial charge >= 0.3 is 0 Å². The van der Waals surface area contributed by atoms with Gasteiger partial charge in [0.1, 0.15) is 0 Å². The molecule has 2 aromatic rings. The highest BCUT2D eigenvalue weighted by Gasteiger charge is 2.32. The first-order valence-corrected chi connectivity index (χ1v) is 8.74. The third-order valence-corrected chi connectivity index (χ3v) is 4.87. The van der Waals surface area contributed by atoms with Crippen molar-refractivity contribution < 1.29 is 4.79 Å². The second-order valence-corrected chi connectivity index (χ2v) is 7.76. The van der Waals surface area contributed by atoms with E-state index in [1.54, 1.807) is 0 Å². The van der Waals surface area contributed by atoms with Crippen LogP contribution in [0.5, 0.6) is 0 Å². The normalized spacial score (nSPS) is 18.7. The molecule has 1 fully saturated rings. The largest absolute Gasteiger partial charge is 0.369 e. The summed E-state index contributed by atoms with van der Waals surface area (Å²) in [5.74, 6) is 0.217. The Labute approximate surface area is 144 Å². The van der Waals surface area contributed by atoms with Crippen LogP contribution in [-0.2, 0) is 4.79 Å². The first kappa shape index (κ1) is 16.7. The lowest BCUT2D eigenvalue weighted by atomic mass is 9.93. The molecule has 4 nitrogen and oxygen atoms in total. The lowest BCUT2D eigenvalue weighted by molar-refractivity contribution is -0.140. The van der Waals surface area contributed by atoms with Crippen molar-refractivity contribution in [3.63, 3.8) is 0 Å². The smallest absolute Gasteiger partial charge is 0.227 e. The number of nitrogens with zero attached hydrogens (tertiary/aromatic N) is 3. The Hall–Kier alpha value is -2.10. The van der Waals surface area contributed by atoms with Crippen LogP contribution in [0, 0.1) is 5.41 Å². The van der Waals surface area contributed by atoms with Crippen LogP contribution in [0.1, 0.15) is 33.6 Å². The number of rotatable bonds is 2. The van der Waals surface area contributed by atoms with Crippen LogP contribution in [0.2, 0.25) is 0 Å². The standard InChI is InChI=1S/C20H27N3O/c1-20(2,3)19(24)22(4)15-8-7-13-23(14-15)18-11-12-21-17-10-6-5-9-16(17)18/h5-6,9-12,15H,7-8,13-14H2,1-4H3. The average molecular weight is 325 g/mol. The van der Waals surface area contributed by atoms with E-state index in [0.717, 1.165) is 31.4 Å². The molecule has 0 aliphatic carbocycles. The number of likely N-dealkylation sites (N-methyl/N-ethyl adjacent to an activating group) is 1. The molecule has 1 unspecified atom stereocenters. The summed E-state index contributed by atoms with van der Waals surface area (Å²) >= 11 is 0. The van der Waals surface area contributed by atoms with Crippen LogP contribution in [-0.4, -0.2) is 42.0 Å². The van der Waals surface area contributed by atoms with Gasteiger partial charge in [-0.1, -0.05) is 39.0 Å². The minimum atomic E-state index is -0.333. The highest BCUT2D eigenvalue weighted by molar-refractivity contribution is 5.91. The molecular formula is C20H27N3O. The Kier molecular flexibility index (Phi) is 4.48. The number of fused-ring (bicyclic) bond motifs is 1. The van der Waals surface area contributed by atoms with Gasteiger partial charge in [0.05, 0.1) is 5.52 Å². The highest BCUT2D eigenvalue weighted by atomic mass is 16.2. The maximum Gasteiger partial charge on any atom is 0.227 e. The second-order valence-electron chi connectivity index (χ2n) is 7.76. The van der Waals surface area contributed by atoms with Gasteiger partial charge in [0.15, 0.2) is 0 Å². The van der Waals surface area contributed by atoms with Crippen molar-refractivity contribution in [1.82, 2.24) is 9.88 Å². The SMILES string of the molecule is CN(C(=O)C(C)(C)C)C1CCCN(c2ccnc3ccccc23)C1. The van der Waals surface area contributed by atoms with E-state index in [0.29, 0.717) is 0 Å². The predicted octanol–water partition coefficient (Wildman–Crippen LogP) is 3.71. The molecule has 1 aromatic carbocycles. The van der Waals surface area contributed by atoms with Gasteiger partial charge in [-0.25, -0.2) is 0 Å². The molecule has 0 radical (unpaired) electrons. The summed E-state index contributed by atoms with van der Waals surface area (Å²) in [5, 5.41) is 1.19. The number of pyridine rings is 1. The molecule has 1 saturated heterocycles. The molecule has 0 bridgehead atoms. The van der Waals surface area contributed by atoms with E-state index < -0.39 is 0 Å². The summed E-state index contributed by atoms with van der Waals surface area (Å²) < 4.78 is 0. The zero-order chi connectivity index (χ0) is 17.3. The maximum atomic E-state index is 12.6. The van der Waals surface area contributed by atoms with Gasteiger partial charge in [-0.15, -0.1) is 0 Å². The van der Waals surface area contributed by atoms with Crippen LogP contribution in [0.4, 0.5) is 5.69 Å². The van der Waals surface area contributed by atoms with Gasteiger partial charge in [0, 0.05) is 48.9 Å². The quantitative estimate of drug-likeness (QED) is 0.844. The fourth-order valence-electron chi connectivity index (χ4n) is 3.54. The van der Waals surface area contributed by atoms with Crippen molar-refractivity contribution >= 4 is 22.5 Å². The lowest BCUT2D eigenvalue weighted by Crippen LogP contribution is -2.51. The van der Waals surface area contributed by atoms with Crippen LogP contribution in [0.25, 0.3) is 10.9 Å². The number of amides is 1. The van der Waals surface area contributed by atoms with Gasteiger partial charge in [-0.3, -0.25) is 9.78 Å². The topological polar surface area (TPSA) is 36.4 Å². The second kappa shape index (κ2) is 6.42. The molecule has 0 N–H and O–H groups in total.